The van der Waals surface area contributed by atoms with Crippen LogP contribution in [0.5, 0.6) is 0 Å². The van der Waals surface area contributed by atoms with E-state index in [4.69, 9.17) is 0 Å². The first-order chi connectivity index (χ1) is 11.7. The molecule has 1 aliphatic carbocycles. The second-order valence-electron chi connectivity index (χ2n) is 6.66. The van der Waals surface area contributed by atoms with E-state index in [1.54, 1.807) is 17.5 Å². The second kappa shape index (κ2) is 6.51. The zero-order valence-electron chi connectivity index (χ0n) is 13.9. The van der Waals surface area contributed by atoms with Gasteiger partial charge in [-0.05, 0) is 43.7 Å². The van der Waals surface area contributed by atoms with Crippen molar-refractivity contribution in [3.8, 4) is 0 Å². The van der Waals surface area contributed by atoms with Crippen LogP contribution in [0.4, 0.5) is 5.82 Å². The van der Waals surface area contributed by atoms with Crippen molar-refractivity contribution in [3.63, 3.8) is 0 Å². The number of pyridine rings is 1. The number of fused-ring (bicyclic) bond motifs is 2. The largest absolute Gasteiger partial charge is 0.353 e. The highest BCUT2D eigenvalue weighted by molar-refractivity contribution is 7.09. The molecule has 0 aromatic carbocycles. The number of hydrogen-bond donors (Lipinski definition) is 1. The van der Waals surface area contributed by atoms with E-state index in [-0.39, 0.29) is 5.91 Å². The molecule has 2 aromatic rings. The van der Waals surface area contributed by atoms with Gasteiger partial charge in [0, 0.05) is 24.2 Å². The van der Waals surface area contributed by atoms with Gasteiger partial charge in [-0.2, -0.15) is 0 Å². The minimum atomic E-state index is -0.0924. The van der Waals surface area contributed by atoms with Crippen molar-refractivity contribution in [2.24, 2.45) is 5.92 Å². The first-order valence-electron chi connectivity index (χ1n) is 8.67. The lowest BCUT2D eigenvalue weighted by Gasteiger charge is -2.28. The molecule has 1 saturated heterocycles. The summed E-state index contributed by atoms with van der Waals surface area (Å²) in [5.74, 6) is 1.75. The number of carbonyl (C=O) groups excluding carboxylic acids is 1. The number of amides is 1. The minimum absolute atomic E-state index is 0.0924. The second-order valence-corrected chi connectivity index (χ2v) is 7.60. The Morgan fingerprint density at radius 3 is 2.96 bits per heavy atom. The van der Waals surface area contributed by atoms with Crippen molar-refractivity contribution in [1.29, 1.82) is 0 Å². The lowest BCUT2D eigenvalue weighted by Crippen LogP contribution is -2.32. The fourth-order valence-corrected chi connectivity index (χ4v) is 4.56. The number of carbonyl (C=O) groups is 1. The third kappa shape index (κ3) is 3.02. The molecule has 2 bridgehead atoms. The Kier molecular flexibility index (Phi) is 4.22. The van der Waals surface area contributed by atoms with Crippen LogP contribution < -0.4 is 10.2 Å². The van der Waals surface area contributed by atoms with E-state index in [9.17, 15) is 4.79 Å². The van der Waals surface area contributed by atoms with Crippen LogP contribution >= 0.6 is 11.3 Å². The summed E-state index contributed by atoms with van der Waals surface area (Å²) in [5, 5.41) is 5.91. The summed E-state index contributed by atoms with van der Waals surface area (Å²) in [6.45, 7) is 3.67. The maximum absolute atomic E-state index is 12.3. The number of hydrogen-bond acceptors (Lipinski definition) is 5. The van der Waals surface area contributed by atoms with E-state index < -0.39 is 0 Å². The molecular formula is C18H22N4OS. The van der Waals surface area contributed by atoms with Crippen LogP contribution in [0.3, 0.4) is 0 Å². The van der Waals surface area contributed by atoms with Crippen LogP contribution in [0.15, 0.2) is 23.7 Å². The maximum atomic E-state index is 12.3. The maximum Gasteiger partial charge on any atom is 0.253 e. The number of nitrogens with zero attached hydrogens (tertiary/aromatic N) is 3. The summed E-state index contributed by atoms with van der Waals surface area (Å²) in [4.78, 5) is 23.7. The highest BCUT2D eigenvalue weighted by Crippen LogP contribution is 2.39. The summed E-state index contributed by atoms with van der Waals surface area (Å²) in [6.07, 6.45) is 6.56. The standard InChI is InChI=1S/C18H22N4OS/c1-2-14-11-24-17(21-14)9-20-18(23)13-4-6-16(19-8-13)22-10-12-3-5-15(22)7-12/h4,6,8,11-12,15H,2-3,5,7,9-10H2,1H3,(H,20,23)/t12-,15-/m0/s1. The third-order valence-corrected chi connectivity index (χ3v) is 5.97. The van der Waals surface area contributed by atoms with Gasteiger partial charge in [0.1, 0.15) is 10.8 Å². The molecule has 1 aliphatic heterocycles. The molecule has 1 saturated carbocycles. The third-order valence-electron chi connectivity index (χ3n) is 5.08. The SMILES string of the molecule is CCc1csc(CNC(=O)c2ccc(N3C[C@H]4CC[C@H]3C4)nc2)n1. The topological polar surface area (TPSA) is 58.1 Å². The number of aryl methyl sites for hydroxylation is 1. The Morgan fingerprint density at radius 2 is 2.33 bits per heavy atom. The molecule has 2 aliphatic rings. The van der Waals surface area contributed by atoms with Crippen molar-refractivity contribution in [2.45, 2.75) is 45.2 Å². The van der Waals surface area contributed by atoms with Crippen LogP contribution in [0, 0.1) is 5.92 Å². The van der Waals surface area contributed by atoms with Gasteiger partial charge in [-0.25, -0.2) is 9.97 Å². The molecule has 6 heteroatoms. The summed E-state index contributed by atoms with van der Waals surface area (Å²) >= 11 is 1.59. The Balaban J connectivity index is 1.36. The molecule has 0 unspecified atom stereocenters. The zero-order chi connectivity index (χ0) is 16.5. The van der Waals surface area contributed by atoms with Crippen LogP contribution in [-0.2, 0) is 13.0 Å². The normalized spacial score (nSPS) is 22.1. The smallest absolute Gasteiger partial charge is 0.253 e. The Hall–Kier alpha value is -1.95. The average Bonchev–Trinajstić information content (AvgIpc) is 3.36. The van der Waals surface area contributed by atoms with Gasteiger partial charge in [0.15, 0.2) is 0 Å². The van der Waals surface area contributed by atoms with Crippen molar-refractivity contribution >= 4 is 23.1 Å². The van der Waals surface area contributed by atoms with Crippen molar-refractivity contribution < 1.29 is 4.79 Å². The average molecular weight is 342 g/mol. The molecule has 3 heterocycles. The van der Waals surface area contributed by atoms with E-state index in [0.29, 0.717) is 18.2 Å². The van der Waals surface area contributed by atoms with E-state index in [1.165, 1.54) is 19.3 Å². The quantitative estimate of drug-likeness (QED) is 0.907. The summed E-state index contributed by atoms with van der Waals surface area (Å²) in [5.41, 5.74) is 1.69. The molecular weight excluding hydrogens is 320 g/mol. The summed E-state index contributed by atoms with van der Waals surface area (Å²) in [7, 11) is 0. The van der Waals surface area contributed by atoms with Gasteiger partial charge in [-0.3, -0.25) is 4.79 Å². The van der Waals surface area contributed by atoms with E-state index in [1.807, 2.05) is 17.5 Å². The van der Waals surface area contributed by atoms with Crippen LogP contribution in [0.2, 0.25) is 0 Å². The highest BCUT2D eigenvalue weighted by atomic mass is 32.1. The summed E-state index contributed by atoms with van der Waals surface area (Å²) < 4.78 is 0. The Bertz CT molecular complexity index is 727. The fourth-order valence-electron chi connectivity index (χ4n) is 3.75. The number of piperidine rings is 1. The molecule has 2 fully saturated rings. The van der Waals surface area contributed by atoms with Gasteiger partial charge >= 0.3 is 0 Å². The lowest BCUT2D eigenvalue weighted by atomic mass is 10.1. The fraction of sp³-hybridized carbons (Fsp3) is 0.500. The first kappa shape index (κ1) is 15.6. The van der Waals surface area contributed by atoms with Crippen LogP contribution in [-0.4, -0.2) is 28.5 Å². The lowest BCUT2D eigenvalue weighted by molar-refractivity contribution is 0.0950. The van der Waals surface area contributed by atoms with Gasteiger partial charge in [-0.1, -0.05) is 6.92 Å². The van der Waals surface area contributed by atoms with Gasteiger partial charge in [0.25, 0.3) is 5.91 Å². The number of rotatable bonds is 5. The molecule has 2 atom stereocenters. The van der Waals surface area contributed by atoms with Gasteiger partial charge in [0.2, 0.25) is 0 Å². The number of aromatic nitrogens is 2. The van der Waals surface area contributed by atoms with Crippen LogP contribution in [0.25, 0.3) is 0 Å². The summed E-state index contributed by atoms with van der Waals surface area (Å²) in [6, 6.07) is 4.51. The van der Waals surface area contributed by atoms with Crippen molar-refractivity contribution in [1.82, 2.24) is 15.3 Å². The molecule has 0 spiro atoms. The predicted octanol–water partition coefficient (Wildman–Crippen LogP) is 3.02. The Morgan fingerprint density at radius 1 is 1.42 bits per heavy atom. The highest BCUT2D eigenvalue weighted by Gasteiger charge is 2.38. The minimum Gasteiger partial charge on any atom is -0.353 e. The number of nitrogens with one attached hydrogen (secondary N) is 1. The first-order valence-corrected chi connectivity index (χ1v) is 9.55. The van der Waals surface area contributed by atoms with Crippen molar-refractivity contribution in [3.05, 3.63) is 40.0 Å². The molecule has 1 amide bonds. The van der Waals surface area contributed by atoms with E-state index in [0.717, 1.165) is 35.4 Å². The molecule has 0 radical (unpaired) electrons. The molecule has 126 valence electrons. The monoisotopic (exact) mass is 342 g/mol. The molecule has 1 N–H and O–H groups in total. The number of anilines is 1. The Labute approximate surface area is 146 Å². The van der Waals surface area contributed by atoms with Crippen LogP contribution in [0.1, 0.15) is 47.2 Å². The van der Waals surface area contributed by atoms with Gasteiger partial charge in [-0.15, -0.1) is 11.3 Å². The molecule has 2 aromatic heterocycles. The molecule has 4 rings (SSSR count). The van der Waals surface area contributed by atoms with E-state index in [2.05, 4.69) is 27.1 Å². The molecule has 5 nitrogen and oxygen atoms in total. The molecule has 24 heavy (non-hydrogen) atoms. The van der Waals surface area contributed by atoms with E-state index >= 15 is 0 Å². The predicted molar refractivity (Wildman–Crippen MR) is 95.4 cm³/mol. The van der Waals surface area contributed by atoms with Crippen molar-refractivity contribution in [2.75, 3.05) is 11.4 Å². The van der Waals surface area contributed by atoms with Gasteiger partial charge in [0.05, 0.1) is 17.8 Å². The number of thiazole rings is 1. The van der Waals surface area contributed by atoms with Gasteiger partial charge < -0.3 is 10.2 Å². The zero-order valence-corrected chi connectivity index (χ0v) is 14.7.